The number of aromatic nitrogens is 3. The lowest BCUT2D eigenvalue weighted by atomic mass is 10.2. The van der Waals surface area contributed by atoms with Gasteiger partial charge in [0, 0.05) is 12.4 Å². The summed E-state index contributed by atoms with van der Waals surface area (Å²) in [5.41, 5.74) is 1.38. The maximum Gasteiger partial charge on any atom is 0.180 e. The highest BCUT2D eigenvalue weighted by atomic mass is 16.3. The smallest absolute Gasteiger partial charge is 0.180 e. The molecule has 0 amide bonds. The predicted octanol–water partition coefficient (Wildman–Crippen LogP) is 1.21. The second-order valence-corrected chi connectivity index (χ2v) is 3.53. The van der Waals surface area contributed by atoms with Crippen LogP contribution in [0, 0.1) is 0 Å². The van der Waals surface area contributed by atoms with Gasteiger partial charge in [0.2, 0.25) is 0 Å². The number of nitrogens with one attached hydrogen (secondary N) is 1. The van der Waals surface area contributed by atoms with Crippen LogP contribution in [0.4, 0.5) is 5.82 Å². The topological polar surface area (TPSA) is 70.9 Å². The molecule has 2 N–H and O–H groups in total. The molecule has 0 spiro atoms. The first-order valence-electron chi connectivity index (χ1n) is 5.28. The molecule has 0 aromatic carbocycles. The van der Waals surface area contributed by atoms with Crippen molar-refractivity contribution in [2.75, 3.05) is 11.9 Å². The molecule has 1 atom stereocenters. The molecule has 0 saturated heterocycles. The van der Waals surface area contributed by atoms with Gasteiger partial charge in [-0.2, -0.15) is 0 Å². The van der Waals surface area contributed by atoms with E-state index in [4.69, 9.17) is 5.11 Å². The monoisotopic (exact) mass is 218 g/mol. The lowest BCUT2D eigenvalue weighted by molar-refractivity contribution is 0.271. The van der Waals surface area contributed by atoms with Crippen LogP contribution in [-0.4, -0.2) is 32.7 Å². The number of fused-ring (bicyclic) bond motifs is 1. The molecule has 0 fully saturated rings. The van der Waals surface area contributed by atoms with Crippen molar-refractivity contribution in [3.05, 3.63) is 24.5 Å². The zero-order valence-electron chi connectivity index (χ0n) is 9.09. The van der Waals surface area contributed by atoms with E-state index in [0.717, 1.165) is 11.9 Å². The van der Waals surface area contributed by atoms with Crippen LogP contribution < -0.4 is 5.32 Å². The lowest BCUT2D eigenvalue weighted by Gasteiger charge is -2.14. The summed E-state index contributed by atoms with van der Waals surface area (Å²) in [6.07, 6.45) is 4.10. The second kappa shape index (κ2) is 4.85. The summed E-state index contributed by atoms with van der Waals surface area (Å²) < 4.78 is 0. The highest BCUT2D eigenvalue weighted by molar-refractivity contribution is 5.71. The minimum absolute atomic E-state index is 0.0293. The molecule has 5 heteroatoms. The Balaban J connectivity index is 2.25. The van der Waals surface area contributed by atoms with E-state index in [2.05, 4.69) is 20.3 Å². The average Bonchev–Trinajstić information content (AvgIpc) is 2.35. The summed E-state index contributed by atoms with van der Waals surface area (Å²) in [4.78, 5) is 12.6. The van der Waals surface area contributed by atoms with Crippen molar-refractivity contribution in [1.29, 1.82) is 0 Å². The zero-order chi connectivity index (χ0) is 11.4. The fourth-order valence-electron chi connectivity index (χ4n) is 1.42. The second-order valence-electron chi connectivity index (χ2n) is 3.53. The van der Waals surface area contributed by atoms with Crippen LogP contribution in [0.3, 0.4) is 0 Å². The van der Waals surface area contributed by atoms with Crippen LogP contribution in [0.15, 0.2) is 24.5 Å². The number of rotatable bonds is 4. The highest BCUT2D eigenvalue weighted by Crippen LogP contribution is 2.11. The first-order valence-corrected chi connectivity index (χ1v) is 5.28. The first-order chi connectivity index (χ1) is 7.83. The van der Waals surface area contributed by atoms with Gasteiger partial charge in [-0.3, -0.25) is 4.98 Å². The third kappa shape index (κ3) is 2.25. The largest absolute Gasteiger partial charge is 0.394 e. The van der Waals surface area contributed by atoms with Crippen LogP contribution in [0.5, 0.6) is 0 Å². The Kier molecular flexibility index (Phi) is 3.26. The minimum Gasteiger partial charge on any atom is -0.394 e. The predicted molar refractivity (Wildman–Crippen MR) is 62.1 cm³/mol. The van der Waals surface area contributed by atoms with Crippen molar-refractivity contribution in [2.45, 2.75) is 19.4 Å². The SMILES string of the molecule is CC[C@@H](CO)Nc1ccc2nccnc2n1. The number of pyridine rings is 1. The zero-order valence-corrected chi connectivity index (χ0v) is 9.09. The first kappa shape index (κ1) is 10.8. The Morgan fingerprint density at radius 1 is 1.31 bits per heavy atom. The molecule has 0 unspecified atom stereocenters. The van der Waals surface area contributed by atoms with Crippen molar-refractivity contribution in [3.8, 4) is 0 Å². The van der Waals surface area contributed by atoms with Crippen LogP contribution in [0.25, 0.3) is 11.2 Å². The van der Waals surface area contributed by atoms with Crippen LogP contribution >= 0.6 is 0 Å². The Morgan fingerprint density at radius 3 is 2.88 bits per heavy atom. The van der Waals surface area contributed by atoms with Gasteiger partial charge in [0.15, 0.2) is 5.65 Å². The molecule has 0 bridgehead atoms. The molecule has 0 aliphatic heterocycles. The summed E-state index contributed by atoms with van der Waals surface area (Å²) in [7, 11) is 0. The Morgan fingerprint density at radius 2 is 2.12 bits per heavy atom. The summed E-state index contributed by atoms with van der Waals surface area (Å²) in [5, 5.41) is 12.2. The minimum atomic E-state index is 0.0293. The van der Waals surface area contributed by atoms with Crippen molar-refractivity contribution in [3.63, 3.8) is 0 Å². The summed E-state index contributed by atoms with van der Waals surface area (Å²) >= 11 is 0. The van der Waals surface area contributed by atoms with E-state index >= 15 is 0 Å². The van der Waals surface area contributed by atoms with Crippen molar-refractivity contribution in [1.82, 2.24) is 15.0 Å². The number of hydrogen-bond acceptors (Lipinski definition) is 5. The molecule has 16 heavy (non-hydrogen) atoms. The van der Waals surface area contributed by atoms with Gasteiger partial charge in [-0.1, -0.05) is 6.92 Å². The number of anilines is 1. The van der Waals surface area contributed by atoms with Gasteiger partial charge < -0.3 is 10.4 Å². The van der Waals surface area contributed by atoms with Crippen molar-refractivity contribution >= 4 is 17.0 Å². The van der Waals surface area contributed by atoms with Gasteiger partial charge in [0.25, 0.3) is 0 Å². The fourth-order valence-corrected chi connectivity index (χ4v) is 1.42. The normalized spacial score (nSPS) is 12.6. The van der Waals surface area contributed by atoms with E-state index in [1.165, 1.54) is 0 Å². The Labute approximate surface area is 93.6 Å². The van der Waals surface area contributed by atoms with Gasteiger partial charge in [-0.15, -0.1) is 0 Å². The van der Waals surface area contributed by atoms with E-state index < -0.39 is 0 Å². The molecule has 84 valence electrons. The van der Waals surface area contributed by atoms with Gasteiger partial charge in [0.1, 0.15) is 11.3 Å². The third-order valence-corrected chi connectivity index (χ3v) is 2.40. The van der Waals surface area contributed by atoms with E-state index in [1.807, 2.05) is 19.1 Å². The third-order valence-electron chi connectivity index (χ3n) is 2.40. The van der Waals surface area contributed by atoms with Gasteiger partial charge in [-0.25, -0.2) is 9.97 Å². The number of aliphatic hydroxyl groups is 1. The quantitative estimate of drug-likeness (QED) is 0.807. The molecule has 2 rings (SSSR count). The molecule has 0 aliphatic rings. The molecule has 2 aromatic heterocycles. The highest BCUT2D eigenvalue weighted by Gasteiger charge is 2.05. The Hall–Kier alpha value is -1.75. The standard InChI is InChI=1S/C11H14N4O/c1-2-8(7-16)14-10-4-3-9-11(15-10)13-6-5-12-9/h3-6,8,16H,2,7H2,1H3,(H,13,14,15)/t8-/m0/s1. The molecule has 0 aliphatic carbocycles. The molecular formula is C11H14N4O. The van der Waals surface area contributed by atoms with Crippen LogP contribution in [0.2, 0.25) is 0 Å². The molecule has 2 heterocycles. The maximum atomic E-state index is 9.08. The van der Waals surface area contributed by atoms with Crippen molar-refractivity contribution < 1.29 is 5.11 Å². The van der Waals surface area contributed by atoms with Gasteiger partial charge in [-0.05, 0) is 18.6 Å². The summed E-state index contributed by atoms with van der Waals surface area (Å²) in [6.45, 7) is 2.10. The van der Waals surface area contributed by atoms with Crippen molar-refractivity contribution in [2.24, 2.45) is 0 Å². The average molecular weight is 218 g/mol. The number of aliphatic hydroxyl groups excluding tert-OH is 1. The van der Waals surface area contributed by atoms with Gasteiger partial charge >= 0.3 is 0 Å². The maximum absolute atomic E-state index is 9.08. The van der Waals surface area contributed by atoms with Crippen LogP contribution in [-0.2, 0) is 0 Å². The number of hydrogen-bond donors (Lipinski definition) is 2. The molecule has 2 aromatic rings. The van der Waals surface area contributed by atoms with E-state index in [1.54, 1.807) is 12.4 Å². The summed E-state index contributed by atoms with van der Waals surface area (Å²) in [6, 6.07) is 3.73. The van der Waals surface area contributed by atoms with E-state index in [9.17, 15) is 0 Å². The fraction of sp³-hybridized carbons (Fsp3) is 0.364. The van der Waals surface area contributed by atoms with E-state index in [0.29, 0.717) is 11.5 Å². The molecule has 5 nitrogen and oxygen atoms in total. The van der Waals surface area contributed by atoms with Crippen LogP contribution in [0.1, 0.15) is 13.3 Å². The molecule has 0 saturated carbocycles. The number of nitrogens with zero attached hydrogens (tertiary/aromatic N) is 3. The summed E-state index contributed by atoms with van der Waals surface area (Å²) in [5.74, 6) is 0.717. The Bertz CT molecular complexity index is 470. The lowest BCUT2D eigenvalue weighted by Crippen LogP contribution is -2.23. The molecule has 0 radical (unpaired) electrons. The molecular weight excluding hydrogens is 204 g/mol. The van der Waals surface area contributed by atoms with E-state index in [-0.39, 0.29) is 12.6 Å². The van der Waals surface area contributed by atoms with Gasteiger partial charge in [0.05, 0.1) is 12.6 Å².